The summed E-state index contributed by atoms with van der Waals surface area (Å²) >= 11 is 0. The zero-order valence-corrected chi connectivity index (χ0v) is 22.9. The molecule has 5 heterocycles. The standard InChI is InChI=1S/C28H35N9O3/c1-32(2)27(39)34-16-10-28(40,11-17-34)19-35-20-29-25-24(26(35)38)18-31-37(25)23-6-4-21(5-7-23)33-14-8-22(9-15-33)36-13-3-12-30-36/h3-7,12-13,18,20,22,40H,8-11,14-17,19H2,1-2H3. The maximum atomic E-state index is 13.3. The van der Waals surface area contributed by atoms with Gasteiger partial charge in [-0.3, -0.25) is 14.0 Å². The Labute approximate surface area is 232 Å². The van der Waals surface area contributed by atoms with Crippen molar-refractivity contribution in [1.82, 2.24) is 38.9 Å². The lowest BCUT2D eigenvalue weighted by molar-refractivity contribution is -0.0282. The van der Waals surface area contributed by atoms with E-state index in [4.69, 9.17) is 0 Å². The minimum absolute atomic E-state index is 0.0716. The molecular weight excluding hydrogens is 510 g/mol. The summed E-state index contributed by atoms with van der Waals surface area (Å²) in [5.74, 6) is 0. The van der Waals surface area contributed by atoms with Gasteiger partial charge in [0.05, 0.1) is 30.1 Å². The number of nitrogens with zero attached hydrogens (tertiary/aromatic N) is 9. The monoisotopic (exact) mass is 545 g/mol. The summed E-state index contributed by atoms with van der Waals surface area (Å²) in [5.41, 5.74) is 1.13. The highest BCUT2D eigenvalue weighted by Crippen LogP contribution is 2.28. The quantitative estimate of drug-likeness (QED) is 0.408. The Kier molecular flexibility index (Phi) is 6.78. The van der Waals surface area contributed by atoms with E-state index in [0.29, 0.717) is 43.0 Å². The topological polar surface area (TPSA) is 118 Å². The second kappa shape index (κ2) is 10.4. The summed E-state index contributed by atoms with van der Waals surface area (Å²) < 4.78 is 5.18. The largest absolute Gasteiger partial charge is 0.388 e. The second-order valence-electron chi connectivity index (χ2n) is 11.1. The van der Waals surface area contributed by atoms with Crippen molar-refractivity contribution in [2.75, 3.05) is 45.2 Å². The van der Waals surface area contributed by atoms with E-state index in [9.17, 15) is 14.7 Å². The van der Waals surface area contributed by atoms with Crippen LogP contribution >= 0.6 is 0 Å². The molecule has 0 bridgehead atoms. The predicted molar refractivity (Wildman–Crippen MR) is 151 cm³/mol. The van der Waals surface area contributed by atoms with Gasteiger partial charge in [0, 0.05) is 58.4 Å². The first kappa shape index (κ1) is 26.1. The molecule has 2 saturated heterocycles. The van der Waals surface area contributed by atoms with Crippen molar-refractivity contribution in [3.63, 3.8) is 0 Å². The normalized spacial score (nSPS) is 17.9. The third kappa shape index (κ3) is 4.94. The molecule has 0 unspecified atom stereocenters. The van der Waals surface area contributed by atoms with E-state index in [2.05, 4.69) is 36.9 Å². The molecule has 0 atom stereocenters. The van der Waals surface area contributed by atoms with Gasteiger partial charge >= 0.3 is 6.03 Å². The predicted octanol–water partition coefficient (Wildman–Crippen LogP) is 2.13. The lowest BCUT2D eigenvalue weighted by atomic mass is 9.91. The van der Waals surface area contributed by atoms with E-state index >= 15 is 0 Å². The molecule has 0 radical (unpaired) electrons. The van der Waals surface area contributed by atoms with Crippen LogP contribution in [0.4, 0.5) is 10.5 Å². The summed E-state index contributed by atoms with van der Waals surface area (Å²) in [6.07, 6.45) is 9.77. The number of aromatic nitrogens is 6. The smallest absolute Gasteiger partial charge is 0.319 e. The van der Waals surface area contributed by atoms with Crippen LogP contribution in [0.5, 0.6) is 0 Å². The summed E-state index contributed by atoms with van der Waals surface area (Å²) in [4.78, 5) is 35.7. The Morgan fingerprint density at radius 3 is 2.40 bits per heavy atom. The summed E-state index contributed by atoms with van der Waals surface area (Å²) in [5, 5.41) is 20.4. The Morgan fingerprint density at radius 2 is 1.75 bits per heavy atom. The summed E-state index contributed by atoms with van der Waals surface area (Å²) in [6, 6.07) is 10.5. The Hall–Kier alpha value is -4.19. The number of fused-ring (bicyclic) bond motifs is 1. The van der Waals surface area contributed by atoms with E-state index in [1.54, 1.807) is 23.7 Å². The summed E-state index contributed by atoms with van der Waals surface area (Å²) in [7, 11) is 3.43. The molecule has 0 aliphatic carbocycles. The zero-order chi connectivity index (χ0) is 27.9. The van der Waals surface area contributed by atoms with E-state index < -0.39 is 5.60 Å². The molecule has 2 fully saturated rings. The molecule has 3 aromatic heterocycles. The van der Waals surface area contributed by atoms with Crippen LogP contribution in [0, 0.1) is 0 Å². The van der Waals surface area contributed by atoms with Crippen molar-refractivity contribution >= 4 is 22.8 Å². The fourth-order valence-corrected chi connectivity index (χ4v) is 5.81. The van der Waals surface area contributed by atoms with E-state index in [-0.39, 0.29) is 18.1 Å². The molecule has 2 aliphatic heterocycles. The first-order chi connectivity index (χ1) is 19.3. The fourth-order valence-electron chi connectivity index (χ4n) is 5.81. The van der Waals surface area contributed by atoms with Gasteiger partial charge < -0.3 is 19.8 Å². The minimum Gasteiger partial charge on any atom is -0.388 e. The van der Waals surface area contributed by atoms with Crippen LogP contribution in [0.3, 0.4) is 0 Å². The number of urea groups is 1. The average Bonchev–Trinajstić information content (AvgIpc) is 3.66. The molecule has 12 nitrogen and oxygen atoms in total. The minimum atomic E-state index is -1.08. The van der Waals surface area contributed by atoms with Gasteiger partial charge in [-0.25, -0.2) is 14.5 Å². The average molecular weight is 546 g/mol. The van der Waals surface area contributed by atoms with E-state index in [0.717, 1.165) is 37.3 Å². The second-order valence-corrected chi connectivity index (χ2v) is 11.1. The fraction of sp³-hybridized carbons (Fsp3) is 0.464. The molecule has 1 N–H and O–H groups in total. The number of hydrogen-bond donors (Lipinski definition) is 1. The number of anilines is 1. The lowest BCUT2D eigenvalue weighted by Gasteiger charge is -2.39. The molecule has 2 aliphatic rings. The van der Waals surface area contributed by atoms with Crippen molar-refractivity contribution in [1.29, 1.82) is 0 Å². The first-order valence-corrected chi connectivity index (χ1v) is 13.8. The van der Waals surface area contributed by atoms with Gasteiger partial charge in [0.15, 0.2) is 5.65 Å². The van der Waals surface area contributed by atoms with Gasteiger partial charge in [0.1, 0.15) is 11.7 Å². The number of piperidine rings is 2. The van der Waals surface area contributed by atoms with Crippen LogP contribution in [0.2, 0.25) is 0 Å². The van der Waals surface area contributed by atoms with E-state index in [1.807, 2.05) is 30.6 Å². The number of carbonyl (C=O) groups is 1. The van der Waals surface area contributed by atoms with Crippen LogP contribution in [-0.2, 0) is 6.54 Å². The maximum absolute atomic E-state index is 13.3. The zero-order valence-electron chi connectivity index (χ0n) is 22.9. The van der Waals surface area contributed by atoms with E-state index in [1.165, 1.54) is 22.0 Å². The van der Waals surface area contributed by atoms with Gasteiger partial charge in [0.25, 0.3) is 5.56 Å². The first-order valence-electron chi connectivity index (χ1n) is 13.8. The van der Waals surface area contributed by atoms with Gasteiger partial charge in [-0.05, 0) is 56.0 Å². The number of benzene rings is 1. The number of rotatable bonds is 5. The van der Waals surface area contributed by atoms with Crippen LogP contribution in [0.15, 0.2) is 60.0 Å². The van der Waals surface area contributed by atoms with Crippen LogP contribution < -0.4 is 10.5 Å². The third-order valence-electron chi connectivity index (χ3n) is 8.19. The van der Waals surface area contributed by atoms with Crippen molar-refractivity contribution in [2.45, 2.75) is 43.9 Å². The van der Waals surface area contributed by atoms with Crippen molar-refractivity contribution < 1.29 is 9.90 Å². The number of amides is 2. The van der Waals surface area contributed by atoms with Gasteiger partial charge in [0.2, 0.25) is 0 Å². The molecule has 40 heavy (non-hydrogen) atoms. The lowest BCUT2D eigenvalue weighted by Crippen LogP contribution is -2.51. The number of aliphatic hydroxyl groups is 1. The molecule has 12 heteroatoms. The Morgan fingerprint density at radius 1 is 1.05 bits per heavy atom. The van der Waals surface area contributed by atoms with Crippen LogP contribution in [-0.4, -0.2) is 95.9 Å². The molecule has 4 aromatic rings. The van der Waals surface area contributed by atoms with Gasteiger partial charge in [-0.15, -0.1) is 0 Å². The Bertz CT molecular complexity index is 1530. The summed E-state index contributed by atoms with van der Waals surface area (Å²) in [6.45, 7) is 2.93. The van der Waals surface area contributed by atoms with Gasteiger partial charge in [-0.1, -0.05) is 0 Å². The highest BCUT2D eigenvalue weighted by atomic mass is 16.3. The van der Waals surface area contributed by atoms with Crippen molar-refractivity contribution in [3.05, 3.63) is 65.6 Å². The number of likely N-dealkylation sites (tertiary alicyclic amines) is 1. The number of hydrogen-bond acceptors (Lipinski definition) is 7. The highest BCUT2D eigenvalue weighted by molar-refractivity contribution is 5.75. The van der Waals surface area contributed by atoms with Crippen molar-refractivity contribution in [2.24, 2.45) is 0 Å². The third-order valence-corrected chi connectivity index (χ3v) is 8.19. The maximum Gasteiger partial charge on any atom is 0.319 e. The molecule has 0 spiro atoms. The molecule has 1 aromatic carbocycles. The van der Waals surface area contributed by atoms with Crippen LogP contribution in [0.1, 0.15) is 31.7 Å². The Balaban J connectivity index is 1.14. The molecule has 0 saturated carbocycles. The van der Waals surface area contributed by atoms with Gasteiger partial charge in [-0.2, -0.15) is 10.2 Å². The SMILES string of the molecule is CN(C)C(=O)N1CCC(O)(Cn2cnc3c(cnn3-c3ccc(N4CCC(n5cccn5)CC4)cc3)c2=O)CC1. The van der Waals surface area contributed by atoms with Crippen molar-refractivity contribution in [3.8, 4) is 5.69 Å². The molecule has 2 amide bonds. The van der Waals surface area contributed by atoms with Crippen LogP contribution in [0.25, 0.3) is 16.7 Å². The number of carbonyl (C=O) groups excluding carboxylic acids is 1. The molecule has 210 valence electrons. The molecule has 6 rings (SSSR count). The molecular formula is C28H35N9O3. The highest BCUT2D eigenvalue weighted by Gasteiger charge is 2.35.